The molecule has 8 nitrogen and oxygen atoms in total. The van der Waals surface area contributed by atoms with Gasteiger partial charge in [-0.05, 0) is 62.6 Å². The second kappa shape index (κ2) is 12.0. The normalized spacial score (nSPS) is 16.1. The van der Waals surface area contributed by atoms with Crippen LogP contribution in [0.2, 0.25) is 0 Å². The molecule has 1 atom stereocenters. The number of hydrogen-bond acceptors (Lipinski definition) is 8. The van der Waals surface area contributed by atoms with Crippen LogP contribution >= 0.6 is 11.3 Å². The van der Waals surface area contributed by atoms with Crippen molar-refractivity contribution in [3.8, 4) is 5.75 Å². The van der Waals surface area contributed by atoms with E-state index in [1.165, 1.54) is 4.90 Å². The first-order chi connectivity index (χ1) is 20.2. The molecule has 1 aliphatic rings. The average Bonchev–Trinajstić information content (AvgIpc) is 3.49. The first-order valence-electron chi connectivity index (χ1n) is 13.5. The minimum absolute atomic E-state index is 0.0632. The predicted octanol–water partition coefficient (Wildman–Crippen LogP) is 6.45. The molecule has 1 saturated heterocycles. The lowest BCUT2D eigenvalue weighted by atomic mass is 9.94. The number of esters is 1. The van der Waals surface area contributed by atoms with Crippen molar-refractivity contribution in [1.82, 2.24) is 4.98 Å². The second-order valence-corrected chi connectivity index (χ2v) is 10.9. The number of benzene rings is 3. The number of aromatic nitrogens is 1. The highest BCUT2D eigenvalue weighted by Crippen LogP contribution is 2.44. The van der Waals surface area contributed by atoms with Gasteiger partial charge in [0.05, 0.1) is 23.9 Å². The zero-order valence-corrected chi connectivity index (χ0v) is 24.5. The van der Waals surface area contributed by atoms with Gasteiger partial charge in [0.1, 0.15) is 23.0 Å². The van der Waals surface area contributed by atoms with Crippen LogP contribution < -0.4 is 9.64 Å². The third-order valence-corrected chi connectivity index (χ3v) is 8.11. The Labute approximate surface area is 247 Å². The van der Waals surface area contributed by atoms with Crippen LogP contribution in [0.15, 0.2) is 78.4 Å². The summed E-state index contributed by atoms with van der Waals surface area (Å²) in [5, 5.41) is 11.7. The number of amides is 1. The third kappa shape index (κ3) is 5.56. The summed E-state index contributed by atoms with van der Waals surface area (Å²) in [6.07, 6.45) is 0. The Balaban J connectivity index is 1.56. The zero-order chi connectivity index (χ0) is 30.0. The van der Waals surface area contributed by atoms with Gasteiger partial charge in [0.25, 0.3) is 5.78 Å². The fourth-order valence-corrected chi connectivity index (χ4v) is 5.80. The number of carbonyl (C=O) groups is 3. The smallest absolute Gasteiger partial charge is 0.350 e. The van der Waals surface area contributed by atoms with E-state index in [1.54, 1.807) is 32.0 Å². The maximum Gasteiger partial charge on any atom is 0.350 e. The molecule has 1 aromatic heterocycles. The molecule has 0 spiro atoms. The Hall–Kier alpha value is -4.76. The fraction of sp³-hybridized carbons (Fsp3) is 0.212. The topological polar surface area (TPSA) is 106 Å². The number of hydrogen-bond donors (Lipinski definition) is 1. The van der Waals surface area contributed by atoms with Gasteiger partial charge in [-0.1, -0.05) is 71.5 Å². The summed E-state index contributed by atoms with van der Waals surface area (Å²) >= 11 is 0.976. The lowest BCUT2D eigenvalue weighted by Crippen LogP contribution is -2.29. The molecule has 0 aliphatic carbocycles. The van der Waals surface area contributed by atoms with E-state index < -0.39 is 23.7 Å². The zero-order valence-electron chi connectivity index (χ0n) is 23.7. The van der Waals surface area contributed by atoms with E-state index in [2.05, 4.69) is 4.98 Å². The number of ketones is 1. The fourth-order valence-electron chi connectivity index (χ4n) is 4.81. The summed E-state index contributed by atoms with van der Waals surface area (Å²) in [6.45, 7) is 7.70. The minimum Gasteiger partial charge on any atom is -0.507 e. The maximum absolute atomic E-state index is 13.5. The quantitative estimate of drug-likeness (QED) is 0.110. The summed E-state index contributed by atoms with van der Waals surface area (Å²) < 4.78 is 11.1. The lowest BCUT2D eigenvalue weighted by Gasteiger charge is -2.23. The van der Waals surface area contributed by atoms with E-state index in [0.717, 1.165) is 28.0 Å². The Bertz CT molecular complexity index is 1690. The van der Waals surface area contributed by atoms with Crippen molar-refractivity contribution in [3.05, 3.63) is 117 Å². The molecule has 1 aliphatic heterocycles. The average molecular weight is 583 g/mol. The molecule has 3 aromatic carbocycles. The van der Waals surface area contributed by atoms with Crippen LogP contribution in [0.5, 0.6) is 5.75 Å². The molecule has 42 heavy (non-hydrogen) atoms. The summed E-state index contributed by atoms with van der Waals surface area (Å²) in [4.78, 5) is 45.5. The predicted molar refractivity (Wildman–Crippen MR) is 161 cm³/mol. The van der Waals surface area contributed by atoms with E-state index in [0.29, 0.717) is 29.2 Å². The van der Waals surface area contributed by atoms with Gasteiger partial charge in [0.15, 0.2) is 5.13 Å². The number of thiazole rings is 1. The standard InChI is InChI=1S/C33H30N2O6S/c1-5-40-32(39)30-21(4)34-33(42-30)35-27(23-13-11-19(2)12-14-23)26(29(37)31(35)38)28(36)24-15-16-25(20(3)17-24)41-18-22-9-7-6-8-10-22/h6-17,27,36H,5,18H2,1-4H3/b28-26+/t27-/m0/s1. The molecular weight excluding hydrogens is 552 g/mol. The number of aliphatic hydroxyl groups excluding tert-OH is 1. The molecule has 1 N–H and O–H groups in total. The van der Waals surface area contributed by atoms with Crippen LogP contribution in [0.1, 0.15) is 56.1 Å². The molecule has 0 radical (unpaired) electrons. The number of anilines is 1. The Morgan fingerprint density at radius 3 is 2.38 bits per heavy atom. The van der Waals surface area contributed by atoms with Gasteiger partial charge in [-0.3, -0.25) is 14.5 Å². The van der Waals surface area contributed by atoms with Gasteiger partial charge in [0.2, 0.25) is 0 Å². The molecule has 214 valence electrons. The van der Waals surface area contributed by atoms with Crippen LogP contribution in [-0.4, -0.2) is 34.4 Å². The summed E-state index contributed by atoms with van der Waals surface area (Å²) in [5.41, 5.74) is 4.08. The van der Waals surface area contributed by atoms with Crippen molar-refractivity contribution in [2.75, 3.05) is 11.5 Å². The Kier molecular flexibility index (Phi) is 8.22. The van der Waals surface area contributed by atoms with Crippen LogP contribution in [0.25, 0.3) is 5.76 Å². The summed E-state index contributed by atoms with van der Waals surface area (Å²) in [5.74, 6) is -1.91. The third-order valence-electron chi connectivity index (χ3n) is 6.98. The van der Waals surface area contributed by atoms with E-state index in [4.69, 9.17) is 9.47 Å². The highest BCUT2D eigenvalue weighted by atomic mass is 32.1. The van der Waals surface area contributed by atoms with Gasteiger partial charge in [0, 0.05) is 5.56 Å². The van der Waals surface area contributed by atoms with Crippen molar-refractivity contribution < 1.29 is 29.0 Å². The lowest BCUT2D eigenvalue weighted by molar-refractivity contribution is -0.132. The van der Waals surface area contributed by atoms with Gasteiger partial charge in [-0.15, -0.1) is 0 Å². The molecule has 4 aromatic rings. The number of rotatable bonds is 8. The van der Waals surface area contributed by atoms with E-state index in [9.17, 15) is 19.5 Å². The van der Waals surface area contributed by atoms with Crippen molar-refractivity contribution in [3.63, 3.8) is 0 Å². The summed E-state index contributed by atoms with van der Waals surface area (Å²) in [7, 11) is 0. The van der Waals surface area contributed by atoms with Crippen molar-refractivity contribution >= 4 is 39.9 Å². The van der Waals surface area contributed by atoms with Crippen molar-refractivity contribution in [1.29, 1.82) is 0 Å². The largest absolute Gasteiger partial charge is 0.507 e. The van der Waals surface area contributed by atoms with Gasteiger partial charge < -0.3 is 14.6 Å². The molecule has 0 saturated carbocycles. The number of carbonyl (C=O) groups excluding carboxylic acids is 3. The number of aliphatic hydroxyl groups is 1. The molecule has 1 fully saturated rings. The maximum atomic E-state index is 13.5. The highest BCUT2D eigenvalue weighted by molar-refractivity contribution is 7.17. The first-order valence-corrected chi connectivity index (χ1v) is 14.3. The van der Waals surface area contributed by atoms with Crippen molar-refractivity contribution in [2.24, 2.45) is 0 Å². The monoisotopic (exact) mass is 582 g/mol. The van der Waals surface area contributed by atoms with Gasteiger partial charge >= 0.3 is 11.9 Å². The molecule has 0 unspecified atom stereocenters. The second-order valence-electron chi connectivity index (χ2n) is 9.97. The highest BCUT2D eigenvalue weighted by Gasteiger charge is 2.48. The first kappa shape index (κ1) is 28.8. The van der Waals surface area contributed by atoms with E-state index in [-0.39, 0.29) is 27.9 Å². The molecule has 5 rings (SSSR count). The Morgan fingerprint density at radius 2 is 1.71 bits per heavy atom. The molecule has 1 amide bonds. The molecule has 0 bridgehead atoms. The molecule has 9 heteroatoms. The SMILES string of the molecule is CCOC(=O)c1sc(N2C(=O)C(=O)/C(=C(/O)c3ccc(OCc4ccccc4)c(C)c3)[C@@H]2c2ccc(C)cc2)nc1C. The molecule has 2 heterocycles. The van der Waals surface area contributed by atoms with Crippen LogP contribution in [0.4, 0.5) is 5.13 Å². The minimum atomic E-state index is -0.958. The van der Waals surface area contributed by atoms with E-state index >= 15 is 0 Å². The number of aryl methyl sites for hydroxylation is 3. The van der Waals surface area contributed by atoms with Crippen LogP contribution in [0.3, 0.4) is 0 Å². The number of Topliss-reactive ketones (excluding diaryl/α,β-unsaturated/α-hetero) is 1. The van der Waals surface area contributed by atoms with Crippen molar-refractivity contribution in [2.45, 2.75) is 40.3 Å². The molecular formula is C33H30N2O6S. The summed E-state index contributed by atoms with van der Waals surface area (Å²) in [6, 6.07) is 21.3. The number of ether oxygens (including phenoxy) is 2. The van der Waals surface area contributed by atoms with E-state index in [1.807, 2.05) is 68.4 Å². The number of nitrogens with zero attached hydrogens (tertiary/aromatic N) is 2. The van der Waals surface area contributed by atoms with Gasteiger partial charge in [-0.2, -0.15) is 0 Å². The van der Waals surface area contributed by atoms with Crippen LogP contribution in [0, 0.1) is 20.8 Å². The Morgan fingerprint density at radius 1 is 1.00 bits per heavy atom. The van der Waals surface area contributed by atoms with Gasteiger partial charge in [-0.25, -0.2) is 9.78 Å². The van der Waals surface area contributed by atoms with Crippen LogP contribution in [-0.2, 0) is 20.9 Å².